The van der Waals surface area contributed by atoms with Gasteiger partial charge in [0, 0.05) is 22.5 Å². The molecule has 3 rings (SSSR count). The number of pyridine rings is 1. The number of nitrogens with zero attached hydrogens (tertiary/aromatic N) is 1. The molecule has 2 aromatic carbocycles. The van der Waals surface area contributed by atoms with Crippen LogP contribution in [0.15, 0.2) is 48.5 Å². The van der Waals surface area contributed by atoms with Crippen molar-refractivity contribution in [1.29, 1.82) is 0 Å². The maximum Gasteiger partial charge on any atom is 0.420 e. The third kappa shape index (κ3) is 4.78. The summed E-state index contributed by atoms with van der Waals surface area (Å²) in [4.78, 5) is 4.41. The lowest BCUT2D eigenvalue weighted by Crippen LogP contribution is -2.54. The number of aryl methyl sites for hydroxylation is 1. The van der Waals surface area contributed by atoms with Crippen molar-refractivity contribution in [2.75, 3.05) is 23.9 Å². The number of fused-ring (bicyclic) bond motifs is 1. The van der Waals surface area contributed by atoms with Crippen LogP contribution in [0.3, 0.4) is 0 Å². The molecule has 172 valence electrons. The standard InChI is InChI=1S/C23H24F4N2O2S/c1-4-32-13-22(30,23(25,26)27)21(15-9-11-20(31-3)17(24)12-15)29-19-7-5-6-18-16(19)10-8-14(2)28-18/h5-12,21,29-30H,4,13H2,1-3H3/t21-,22+/m0/s1. The molecule has 0 saturated carbocycles. The van der Waals surface area contributed by atoms with E-state index in [0.717, 1.165) is 23.5 Å². The monoisotopic (exact) mass is 468 g/mol. The van der Waals surface area contributed by atoms with Crippen molar-refractivity contribution in [2.24, 2.45) is 0 Å². The molecule has 0 aliphatic heterocycles. The van der Waals surface area contributed by atoms with E-state index in [1.165, 1.54) is 19.2 Å². The Morgan fingerprint density at radius 2 is 1.91 bits per heavy atom. The van der Waals surface area contributed by atoms with Crippen molar-refractivity contribution < 1.29 is 27.4 Å². The maximum absolute atomic E-state index is 14.5. The highest BCUT2D eigenvalue weighted by atomic mass is 32.2. The quantitative estimate of drug-likeness (QED) is 0.404. The molecule has 0 radical (unpaired) electrons. The van der Waals surface area contributed by atoms with Crippen LogP contribution in [0.1, 0.15) is 24.2 Å². The number of hydrogen-bond acceptors (Lipinski definition) is 5. The highest BCUT2D eigenvalue weighted by Crippen LogP contribution is 2.45. The maximum atomic E-state index is 14.5. The first-order valence-corrected chi connectivity index (χ1v) is 11.1. The summed E-state index contributed by atoms with van der Waals surface area (Å²) >= 11 is 0.952. The number of anilines is 1. The van der Waals surface area contributed by atoms with Crippen LogP contribution in [0.5, 0.6) is 5.75 Å². The zero-order chi connectivity index (χ0) is 23.5. The van der Waals surface area contributed by atoms with Crippen molar-refractivity contribution in [3.63, 3.8) is 0 Å². The number of rotatable bonds is 8. The molecule has 32 heavy (non-hydrogen) atoms. The molecule has 0 aliphatic carbocycles. The summed E-state index contributed by atoms with van der Waals surface area (Å²) in [6, 6.07) is 10.4. The molecule has 0 spiro atoms. The second-order valence-corrected chi connectivity index (χ2v) is 8.63. The zero-order valence-electron chi connectivity index (χ0n) is 17.8. The van der Waals surface area contributed by atoms with E-state index in [-0.39, 0.29) is 11.3 Å². The van der Waals surface area contributed by atoms with Crippen molar-refractivity contribution in [1.82, 2.24) is 4.98 Å². The van der Waals surface area contributed by atoms with Crippen LogP contribution >= 0.6 is 11.8 Å². The molecule has 0 unspecified atom stereocenters. The molecule has 0 bridgehead atoms. The van der Waals surface area contributed by atoms with Gasteiger partial charge in [0.15, 0.2) is 17.2 Å². The number of aromatic nitrogens is 1. The van der Waals surface area contributed by atoms with E-state index in [0.29, 0.717) is 22.3 Å². The predicted octanol–water partition coefficient (Wildman–Crippen LogP) is 5.89. The first-order chi connectivity index (χ1) is 15.1. The smallest absolute Gasteiger partial charge is 0.420 e. The third-order valence-corrected chi connectivity index (χ3v) is 6.23. The molecule has 0 amide bonds. The van der Waals surface area contributed by atoms with Crippen LogP contribution in [0.2, 0.25) is 0 Å². The Morgan fingerprint density at radius 1 is 1.16 bits per heavy atom. The van der Waals surface area contributed by atoms with Gasteiger partial charge in [-0.3, -0.25) is 4.98 Å². The van der Waals surface area contributed by atoms with Gasteiger partial charge in [0.25, 0.3) is 0 Å². The van der Waals surface area contributed by atoms with E-state index in [9.17, 15) is 22.7 Å². The number of methoxy groups -OCH3 is 1. The van der Waals surface area contributed by atoms with Gasteiger partial charge in [0.1, 0.15) is 0 Å². The molecule has 1 heterocycles. The van der Waals surface area contributed by atoms with Crippen molar-refractivity contribution in [3.8, 4) is 5.75 Å². The molecule has 2 N–H and O–H groups in total. The van der Waals surface area contributed by atoms with Gasteiger partial charge in [-0.1, -0.05) is 19.1 Å². The third-order valence-electron chi connectivity index (χ3n) is 5.17. The number of alkyl halides is 3. The van der Waals surface area contributed by atoms with E-state index in [2.05, 4.69) is 10.3 Å². The fourth-order valence-electron chi connectivity index (χ4n) is 3.47. The molecule has 3 aromatic rings. The molecule has 0 fully saturated rings. The van der Waals surface area contributed by atoms with Crippen LogP contribution in [0, 0.1) is 12.7 Å². The van der Waals surface area contributed by atoms with Gasteiger partial charge in [-0.05, 0) is 54.6 Å². The summed E-state index contributed by atoms with van der Waals surface area (Å²) in [5.74, 6) is -1.17. The first-order valence-electron chi connectivity index (χ1n) is 9.94. The van der Waals surface area contributed by atoms with Gasteiger partial charge in [-0.2, -0.15) is 24.9 Å². The Balaban J connectivity index is 2.17. The number of ether oxygens (including phenoxy) is 1. The molecular formula is C23H24F4N2O2S. The van der Waals surface area contributed by atoms with E-state index in [4.69, 9.17) is 4.74 Å². The van der Waals surface area contributed by atoms with E-state index >= 15 is 0 Å². The SMILES string of the molecule is CCSC[C@@](O)([C@@H](Nc1cccc2nc(C)ccc12)c1ccc(OC)c(F)c1)C(F)(F)F. The highest BCUT2D eigenvalue weighted by Gasteiger charge is 2.59. The minimum atomic E-state index is -4.98. The molecular weight excluding hydrogens is 444 g/mol. The molecule has 4 nitrogen and oxygen atoms in total. The van der Waals surface area contributed by atoms with Gasteiger partial charge < -0.3 is 15.2 Å². The Hall–Kier alpha value is -2.52. The van der Waals surface area contributed by atoms with Crippen LogP contribution < -0.4 is 10.1 Å². The fraction of sp³-hybridized carbons (Fsp3) is 0.348. The topological polar surface area (TPSA) is 54.4 Å². The summed E-state index contributed by atoms with van der Waals surface area (Å²) < 4.78 is 62.1. The number of nitrogens with one attached hydrogen (secondary N) is 1. The van der Waals surface area contributed by atoms with E-state index in [1.807, 2.05) is 6.92 Å². The minimum Gasteiger partial charge on any atom is -0.494 e. The van der Waals surface area contributed by atoms with Crippen molar-refractivity contribution >= 4 is 28.4 Å². The molecule has 0 aliphatic rings. The summed E-state index contributed by atoms with van der Waals surface area (Å²) in [7, 11) is 1.27. The Labute approximate surface area is 188 Å². The van der Waals surface area contributed by atoms with Gasteiger partial charge >= 0.3 is 6.18 Å². The van der Waals surface area contributed by atoms with Gasteiger partial charge in [-0.15, -0.1) is 0 Å². The second-order valence-electron chi connectivity index (χ2n) is 7.36. The van der Waals surface area contributed by atoms with E-state index in [1.54, 1.807) is 37.3 Å². The average molecular weight is 469 g/mol. The number of benzene rings is 2. The van der Waals surface area contributed by atoms with Gasteiger partial charge in [-0.25, -0.2) is 4.39 Å². The number of thioether (sulfide) groups is 1. The van der Waals surface area contributed by atoms with E-state index < -0.39 is 29.4 Å². The average Bonchev–Trinajstić information content (AvgIpc) is 2.74. The molecule has 9 heteroatoms. The lowest BCUT2D eigenvalue weighted by atomic mass is 9.88. The fourth-order valence-corrected chi connectivity index (χ4v) is 4.31. The van der Waals surface area contributed by atoms with Crippen LogP contribution in [-0.4, -0.2) is 40.5 Å². The lowest BCUT2D eigenvalue weighted by Gasteiger charge is -2.39. The van der Waals surface area contributed by atoms with Crippen LogP contribution in [-0.2, 0) is 0 Å². The molecule has 1 aromatic heterocycles. The summed E-state index contributed by atoms with van der Waals surface area (Å²) in [5.41, 5.74) is -1.53. The molecule has 2 atom stereocenters. The Morgan fingerprint density at radius 3 is 2.53 bits per heavy atom. The largest absolute Gasteiger partial charge is 0.494 e. The minimum absolute atomic E-state index is 0.0584. The normalized spacial score (nSPS) is 14.8. The zero-order valence-corrected chi connectivity index (χ0v) is 18.6. The summed E-state index contributed by atoms with van der Waals surface area (Å²) in [6.45, 7) is 3.52. The molecule has 0 saturated heterocycles. The predicted molar refractivity (Wildman–Crippen MR) is 120 cm³/mol. The summed E-state index contributed by atoms with van der Waals surface area (Å²) in [6.07, 6.45) is -4.98. The van der Waals surface area contributed by atoms with Gasteiger partial charge in [0.2, 0.25) is 0 Å². The lowest BCUT2D eigenvalue weighted by molar-refractivity contribution is -0.256. The Kier molecular flexibility index (Phi) is 7.19. The van der Waals surface area contributed by atoms with Crippen LogP contribution in [0.25, 0.3) is 10.9 Å². The second kappa shape index (κ2) is 9.54. The van der Waals surface area contributed by atoms with Crippen molar-refractivity contribution in [2.45, 2.75) is 31.7 Å². The van der Waals surface area contributed by atoms with Crippen LogP contribution in [0.4, 0.5) is 23.2 Å². The Bertz CT molecular complexity index is 1090. The van der Waals surface area contributed by atoms with Crippen molar-refractivity contribution in [3.05, 3.63) is 65.6 Å². The number of hydrogen-bond donors (Lipinski definition) is 2. The number of halogens is 4. The summed E-state index contributed by atoms with van der Waals surface area (Å²) in [5, 5.41) is 14.4. The van der Waals surface area contributed by atoms with Gasteiger partial charge in [0.05, 0.1) is 18.7 Å². The first kappa shape index (κ1) is 24.1. The number of aliphatic hydroxyl groups is 1. The highest BCUT2D eigenvalue weighted by molar-refractivity contribution is 7.99.